The van der Waals surface area contributed by atoms with E-state index in [0.29, 0.717) is 5.82 Å². The van der Waals surface area contributed by atoms with Crippen molar-refractivity contribution in [3.8, 4) is 0 Å². The fourth-order valence-corrected chi connectivity index (χ4v) is 3.35. The summed E-state index contributed by atoms with van der Waals surface area (Å²) in [6.07, 6.45) is 4.99. The molecule has 0 bridgehead atoms. The number of imidazole rings is 1. The number of aliphatic hydroxyl groups is 1. The van der Waals surface area contributed by atoms with Crippen molar-refractivity contribution >= 4 is 5.69 Å². The molecule has 1 aromatic heterocycles. The van der Waals surface area contributed by atoms with Gasteiger partial charge in [0.15, 0.2) is 0 Å². The van der Waals surface area contributed by atoms with Crippen molar-refractivity contribution in [2.24, 2.45) is 13.0 Å². The van der Waals surface area contributed by atoms with Gasteiger partial charge in [-0.25, -0.2) is 4.98 Å². The molecule has 1 fully saturated rings. The molecule has 1 aliphatic heterocycles. The van der Waals surface area contributed by atoms with Gasteiger partial charge in [0.05, 0.1) is 4.92 Å². The van der Waals surface area contributed by atoms with E-state index in [-0.39, 0.29) is 16.5 Å². The van der Waals surface area contributed by atoms with Crippen molar-refractivity contribution < 1.29 is 10.0 Å². The van der Waals surface area contributed by atoms with E-state index in [2.05, 4.69) is 9.88 Å². The Morgan fingerprint density at radius 1 is 1.42 bits per heavy atom. The van der Waals surface area contributed by atoms with Crippen LogP contribution in [0.2, 0.25) is 0 Å². The first-order chi connectivity index (χ1) is 11.5. The number of aryl methyl sites for hydroxylation is 1. The van der Waals surface area contributed by atoms with Gasteiger partial charge in [-0.3, -0.25) is 15.0 Å². The number of rotatable bonds is 5. The van der Waals surface area contributed by atoms with Crippen molar-refractivity contribution in [3.63, 3.8) is 0 Å². The van der Waals surface area contributed by atoms with Gasteiger partial charge in [-0.2, -0.15) is 0 Å². The summed E-state index contributed by atoms with van der Waals surface area (Å²) in [7, 11) is 1.89. The second-order valence-electron chi connectivity index (χ2n) is 6.40. The van der Waals surface area contributed by atoms with Gasteiger partial charge in [0.25, 0.3) is 5.69 Å². The Kier molecular flexibility index (Phi) is 4.92. The van der Waals surface area contributed by atoms with Crippen molar-refractivity contribution in [2.75, 3.05) is 13.1 Å². The molecule has 2 heterocycles. The molecule has 2 atom stereocenters. The van der Waals surface area contributed by atoms with Crippen molar-refractivity contribution in [1.29, 1.82) is 0 Å². The lowest BCUT2D eigenvalue weighted by Gasteiger charge is -2.34. The van der Waals surface area contributed by atoms with Crippen molar-refractivity contribution in [3.05, 3.63) is 58.2 Å². The number of benzene rings is 1. The summed E-state index contributed by atoms with van der Waals surface area (Å²) in [6, 6.07) is 6.69. The lowest BCUT2D eigenvalue weighted by atomic mass is 9.91. The molecule has 1 aromatic carbocycles. The molecular weight excluding hydrogens is 308 g/mol. The quantitative estimate of drug-likeness (QED) is 0.671. The van der Waals surface area contributed by atoms with Crippen molar-refractivity contribution in [2.45, 2.75) is 25.5 Å². The third-order valence-corrected chi connectivity index (χ3v) is 4.66. The molecule has 0 amide bonds. The molecule has 24 heavy (non-hydrogen) atoms. The monoisotopic (exact) mass is 330 g/mol. The maximum atomic E-state index is 10.7. The van der Waals surface area contributed by atoms with Crippen LogP contribution in [0.15, 0.2) is 36.7 Å². The zero-order valence-electron chi connectivity index (χ0n) is 13.7. The number of nitrogens with zero attached hydrogens (tertiary/aromatic N) is 4. The minimum atomic E-state index is -0.565. The van der Waals surface area contributed by atoms with E-state index in [1.165, 1.54) is 0 Å². The molecule has 128 valence electrons. The third-order valence-electron chi connectivity index (χ3n) is 4.66. The number of non-ortho nitro benzene ring substituents is 1. The minimum absolute atomic E-state index is 0.112. The Morgan fingerprint density at radius 2 is 2.17 bits per heavy atom. The van der Waals surface area contributed by atoms with Gasteiger partial charge < -0.3 is 9.67 Å². The normalized spacial score (nSPS) is 20.0. The predicted molar refractivity (Wildman–Crippen MR) is 89.3 cm³/mol. The molecule has 0 aliphatic carbocycles. The number of likely N-dealkylation sites (tertiary alicyclic amines) is 1. The van der Waals surface area contributed by atoms with Gasteiger partial charge in [0, 0.05) is 50.6 Å². The first kappa shape index (κ1) is 16.6. The van der Waals surface area contributed by atoms with Crippen molar-refractivity contribution in [1.82, 2.24) is 14.5 Å². The summed E-state index contributed by atoms with van der Waals surface area (Å²) < 4.78 is 1.86. The lowest BCUT2D eigenvalue weighted by Crippen LogP contribution is -2.37. The molecule has 3 rings (SSSR count). The fourth-order valence-electron chi connectivity index (χ4n) is 3.35. The Balaban J connectivity index is 1.63. The van der Waals surface area contributed by atoms with Gasteiger partial charge in [-0.05, 0) is 24.9 Å². The number of piperidine rings is 1. The smallest absolute Gasteiger partial charge is 0.269 e. The van der Waals surface area contributed by atoms with E-state index in [1.54, 1.807) is 30.5 Å². The lowest BCUT2D eigenvalue weighted by molar-refractivity contribution is -0.384. The van der Waals surface area contributed by atoms with Crippen LogP contribution in [0, 0.1) is 16.0 Å². The molecule has 0 spiro atoms. The number of hydrogen-bond donors (Lipinski definition) is 1. The number of hydrogen-bond acceptors (Lipinski definition) is 5. The maximum absolute atomic E-state index is 10.7. The summed E-state index contributed by atoms with van der Waals surface area (Å²) in [5, 5.41) is 21.3. The molecule has 0 radical (unpaired) electrons. The summed E-state index contributed by atoms with van der Waals surface area (Å²) in [6.45, 7) is 2.51. The molecule has 1 aliphatic rings. The van der Waals surface area contributed by atoms with Crippen LogP contribution < -0.4 is 0 Å². The van der Waals surface area contributed by atoms with Crippen LogP contribution in [0.1, 0.15) is 30.3 Å². The molecule has 0 saturated carbocycles. The average Bonchev–Trinajstić information content (AvgIpc) is 3.01. The number of aliphatic hydroxyl groups excluding tert-OH is 1. The van der Waals surface area contributed by atoms with Crippen LogP contribution >= 0.6 is 0 Å². The van der Waals surface area contributed by atoms with Gasteiger partial charge in [-0.1, -0.05) is 12.1 Å². The highest BCUT2D eigenvalue weighted by Gasteiger charge is 2.29. The topological polar surface area (TPSA) is 84.4 Å². The standard InChI is InChI=1S/C17H22N4O3/c1-19-10-8-18-17(19)16(22)14-3-2-9-20(12-14)11-13-4-6-15(7-5-13)21(23)24/h4-8,10,14,16,22H,2-3,9,11-12H2,1H3. The van der Waals surface area contributed by atoms with E-state index in [0.717, 1.165) is 38.0 Å². The number of aromatic nitrogens is 2. The molecule has 2 unspecified atom stereocenters. The van der Waals surface area contributed by atoms with Crippen LogP contribution in [0.5, 0.6) is 0 Å². The highest BCUT2D eigenvalue weighted by atomic mass is 16.6. The van der Waals surface area contributed by atoms with E-state index in [4.69, 9.17) is 0 Å². The highest BCUT2D eigenvalue weighted by molar-refractivity contribution is 5.32. The van der Waals surface area contributed by atoms with Crippen LogP contribution in [0.4, 0.5) is 5.69 Å². The maximum Gasteiger partial charge on any atom is 0.269 e. The van der Waals surface area contributed by atoms with E-state index < -0.39 is 6.10 Å². The third kappa shape index (κ3) is 3.63. The van der Waals surface area contributed by atoms with Crippen LogP contribution in [-0.2, 0) is 13.6 Å². The van der Waals surface area contributed by atoms with Crippen LogP contribution in [0.3, 0.4) is 0 Å². The van der Waals surface area contributed by atoms with Gasteiger partial charge in [0.2, 0.25) is 0 Å². The summed E-state index contributed by atoms with van der Waals surface area (Å²) >= 11 is 0. The second-order valence-corrected chi connectivity index (χ2v) is 6.40. The van der Waals surface area contributed by atoms with Crippen LogP contribution in [-0.4, -0.2) is 37.6 Å². The zero-order valence-corrected chi connectivity index (χ0v) is 13.7. The predicted octanol–water partition coefficient (Wildman–Crippen LogP) is 2.27. The molecule has 2 aromatic rings. The highest BCUT2D eigenvalue weighted by Crippen LogP contribution is 2.29. The average molecular weight is 330 g/mol. The van der Waals surface area contributed by atoms with Gasteiger partial charge in [0.1, 0.15) is 11.9 Å². The largest absolute Gasteiger partial charge is 0.385 e. The molecule has 1 saturated heterocycles. The molecular formula is C17H22N4O3. The van der Waals surface area contributed by atoms with Gasteiger partial charge in [-0.15, -0.1) is 0 Å². The van der Waals surface area contributed by atoms with E-state index in [9.17, 15) is 15.2 Å². The Hall–Kier alpha value is -2.25. The van der Waals surface area contributed by atoms with Gasteiger partial charge >= 0.3 is 0 Å². The SMILES string of the molecule is Cn1ccnc1C(O)C1CCCN(Cc2ccc([N+](=O)[O-])cc2)C1. The second kappa shape index (κ2) is 7.11. The molecule has 1 N–H and O–H groups in total. The summed E-state index contributed by atoms with van der Waals surface area (Å²) in [5.41, 5.74) is 1.16. The first-order valence-corrected chi connectivity index (χ1v) is 8.15. The Morgan fingerprint density at radius 3 is 2.79 bits per heavy atom. The number of nitro benzene ring substituents is 1. The summed E-state index contributed by atoms with van der Waals surface area (Å²) in [5.74, 6) is 0.857. The van der Waals surface area contributed by atoms with E-state index in [1.807, 2.05) is 17.8 Å². The summed E-state index contributed by atoms with van der Waals surface area (Å²) in [4.78, 5) is 16.9. The molecule has 7 heteroatoms. The zero-order chi connectivity index (χ0) is 17.1. The Labute approximate surface area is 140 Å². The fraction of sp³-hybridized carbons (Fsp3) is 0.471. The van der Waals surface area contributed by atoms with Crippen LogP contribution in [0.25, 0.3) is 0 Å². The Bertz CT molecular complexity index is 698. The minimum Gasteiger partial charge on any atom is -0.385 e. The van der Waals surface area contributed by atoms with E-state index >= 15 is 0 Å². The first-order valence-electron chi connectivity index (χ1n) is 8.15. The number of nitro groups is 1. The molecule has 7 nitrogen and oxygen atoms in total.